The molecule has 0 spiro atoms. The number of aryl methyl sites for hydroxylation is 1. The Morgan fingerprint density at radius 3 is 2.67 bits per heavy atom. The molecule has 2 nitrogen and oxygen atoms in total. The van der Waals surface area contributed by atoms with E-state index < -0.39 is 0 Å². The third kappa shape index (κ3) is 4.11. The lowest BCUT2D eigenvalue weighted by Gasteiger charge is -2.30. The zero-order chi connectivity index (χ0) is 12.8. The van der Waals surface area contributed by atoms with E-state index >= 15 is 0 Å². The molecular formula is C16H26N2. The summed E-state index contributed by atoms with van der Waals surface area (Å²) in [5.41, 5.74) is 2.81. The first kappa shape index (κ1) is 13.6. The van der Waals surface area contributed by atoms with E-state index in [1.54, 1.807) is 0 Å². The molecule has 2 heteroatoms. The molecule has 0 aliphatic carbocycles. The molecule has 18 heavy (non-hydrogen) atoms. The second-order valence-electron chi connectivity index (χ2n) is 5.63. The molecule has 1 aliphatic rings. The molecular weight excluding hydrogens is 220 g/mol. The summed E-state index contributed by atoms with van der Waals surface area (Å²) in [4.78, 5) is 2.59. The van der Waals surface area contributed by atoms with Crippen LogP contribution in [0, 0.1) is 12.8 Å². The predicted molar refractivity (Wildman–Crippen MR) is 77.7 cm³/mol. The molecule has 0 aromatic heterocycles. The van der Waals surface area contributed by atoms with Gasteiger partial charge >= 0.3 is 0 Å². The van der Waals surface area contributed by atoms with Gasteiger partial charge in [0.15, 0.2) is 0 Å². The van der Waals surface area contributed by atoms with Crippen LogP contribution in [0.3, 0.4) is 0 Å². The second-order valence-corrected chi connectivity index (χ2v) is 5.63. The summed E-state index contributed by atoms with van der Waals surface area (Å²) in [7, 11) is 0. The Kier molecular flexibility index (Phi) is 5.21. The number of benzene rings is 1. The van der Waals surface area contributed by atoms with Gasteiger partial charge in [0.1, 0.15) is 0 Å². The van der Waals surface area contributed by atoms with Crippen molar-refractivity contribution in [3.8, 4) is 0 Å². The molecule has 0 saturated carbocycles. The molecule has 1 N–H and O–H groups in total. The molecule has 0 unspecified atom stereocenters. The summed E-state index contributed by atoms with van der Waals surface area (Å²) in [6.45, 7) is 10.4. The summed E-state index contributed by atoms with van der Waals surface area (Å²) in [5, 5.41) is 3.56. The van der Waals surface area contributed by atoms with Gasteiger partial charge < -0.3 is 10.2 Å². The van der Waals surface area contributed by atoms with Crippen LogP contribution in [0.25, 0.3) is 0 Å². The highest BCUT2D eigenvalue weighted by Crippen LogP contribution is 2.15. The number of nitrogens with zero attached hydrogens (tertiary/aromatic N) is 1. The standard InChI is InChI=1S/C16H26N2/c1-14-7-10-18(11-8-14)12-9-17-13-16-6-4-3-5-15(16)2/h3-6,14,17H,7-13H2,1-2H3. The van der Waals surface area contributed by atoms with E-state index in [2.05, 4.69) is 48.3 Å². The highest BCUT2D eigenvalue weighted by molar-refractivity contribution is 5.25. The van der Waals surface area contributed by atoms with Crippen molar-refractivity contribution < 1.29 is 0 Å². The minimum atomic E-state index is 0.932. The van der Waals surface area contributed by atoms with Crippen LogP contribution in [0.4, 0.5) is 0 Å². The number of hydrogen-bond acceptors (Lipinski definition) is 2. The minimum Gasteiger partial charge on any atom is -0.311 e. The fourth-order valence-electron chi connectivity index (χ4n) is 2.55. The Morgan fingerprint density at radius 1 is 1.22 bits per heavy atom. The van der Waals surface area contributed by atoms with Crippen molar-refractivity contribution in [3.05, 3.63) is 35.4 Å². The highest BCUT2D eigenvalue weighted by Gasteiger charge is 2.14. The van der Waals surface area contributed by atoms with Gasteiger partial charge in [-0.05, 0) is 49.9 Å². The number of nitrogens with one attached hydrogen (secondary N) is 1. The lowest BCUT2D eigenvalue weighted by atomic mass is 9.99. The number of hydrogen-bond donors (Lipinski definition) is 1. The first-order valence-electron chi connectivity index (χ1n) is 7.23. The van der Waals surface area contributed by atoms with E-state index in [4.69, 9.17) is 0 Å². The van der Waals surface area contributed by atoms with Gasteiger partial charge in [-0.2, -0.15) is 0 Å². The van der Waals surface area contributed by atoms with Crippen LogP contribution in [0.15, 0.2) is 24.3 Å². The Morgan fingerprint density at radius 2 is 1.94 bits per heavy atom. The number of likely N-dealkylation sites (tertiary alicyclic amines) is 1. The summed E-state index contributed by atoms with van der Waals surface area (Å²) < 4.78 is 0. The quantitative estimate of drug-likeness (QED) is 0.804. The Balaban J connectivity index is 1.63. The Hall–Kier alpha value is -0.860. The zero-order valence-corrected chi connectivity index (χ0v) is 11.8. The van der Waals surface area contributed by atoms with Crippen molar-refractivity contribution in [2.24, 2.45) is 5.92 Å². The molecule has 0 bridgehead atoms. The van der Waals surface area contributed by atoms with Gasteiger partial charge in [-0.3, -0.25) is 0 Å². The van der Waals surface area contributed by atoms with E-state index in [1.165, 1.54) is 43.6 Å². The molecule has 1 aromatic rings. The zero-order valence-electron chi connectivity index (χ0n) is 11.8. The largest absolute Gasteiger partial charge is 0.311 e. The van der Waals surface area contributed by atoms with Crippen molar-refractivity contribution in [2.75, 3.05) is 26.2 Å². The molecule has 100 valence electrons. The van der Waals surface area contributed by atoms with Gasteiger partial charge in [-0.25, -0.2) is 0 Å². The maximum Gasteiger partial charge on any atom is 0.0208 e. The number of piperidine rings is 1. The fourth-order valence-corrected chi connectivity index (χ4v) is 2.55. The molecule has 1 heterocycles. The summed E-state index contributed by atoms with van der Waals surface area (Å²) in [6, 6.07) is 8.62. The van der Waals surface area contributed by atoms with Crippen LogP contribution < -0.4 is 5.32 Å². The first-order chi connectivity index (χ1) is 8.75. The molecule has 1 aliphatic heterocycles. The van der Waals surface area contributed by atoms with Gasteiger partial charge in [0.2, 0.25) is 0 Å². The maximum atomic E-state index is 3.56. The smallest absolute Gasteiger partial charge is 0.0208 e. The van der Waals surface area contributed by atoms with Gasteiger partial charge in [0.25, 0.3) is 0 Å². The average molecular weight is 246 g/mol. The molecule has 2 rings (SSSR count). The van der Waals surface area contributed by atoms with E-state index in [-0.39, 0.29) is 0 Å². The summed E-state index contributed by atoms with van der Waals surface area (Å²) >= 11 is 0. The second kappa shape index (κ2) is 6.91. The lowest BCUT2D eigenvalue weighted by Crippen LogP contribution is -2.37. The number of rotatable bonds is 5. The predicted octanol–water partition coefficient (Wildman–Crippen LogP) is 2.82. The SMILES string of the molecule is Cc1ccccc1CNCCN1CCC(C)CC1. The highest BCUT2D eigenvalue weighted by atomic mass is 15.1. The van der Waals surface area contributed by atoms with E-state index in [0.29, 0.717) is 0 Å². The van der Waals surface area contributed by atoms with Crippen LogP contribution in [0.5, 0.6) is 0 Å². The van der Waals surface area contributed by atoms with Crippen LogP contribution in [0.1, 0.15) is 30.9 Å². The van der Waals surface area contributed by atoms with Crippen molar-refractivity contribution in [1.29, 1.82) is 0 Å². The third-order valence-corrected chi connectivity index (χ3v) is 4.06. The van der Waals surface area contributed by atoms with Crippen LogP contribution in [-0.4, -0.2) is 31.1 Å². The molecule has 1 saturated heterocycles. The topological polar surface area (TPSA) is 15.3 Å². The average Bonchev–Trinajstić information content (AvgIpc) is 2.39. The van der Waals surface area contributed by atoms with E-state index in [0.717, 1.165) is 19.0 Å². The molecule has 0 amide bonds. The third-order valence-electron chi connectivity index (χ3n) is 4.06. The van der Waals surface area contributed by atoms with Gasteiger partial charge in [-0.15, -0.1) is 0 Å². The molecule has 1 aromatic carbocycles. The molecule has 0 radical (unpaired) electrons. The van der Waals surface area contributed by atoms with Gasteiger partial charge in [0, 0.05) is 19.6 Å². The van der Waals surface area contributed by atoms with Crippen LogP contribution >= 0.6 is 0 Å². The van der Waals surface area contributed by atoms with Crippen molar-refractivity contribution in [1.82, 2.24) is 10.2 Å². The van der Waals surface area contributed by atoms with Crippen molar-refractivity contribution >= 4 is 0 Å². The van der Waals surface area contributed by atoms with E-state index in [9.17, 15) is 0 Å². The van der Waals surface area contributed by atoms with Crippen molar-refractivity contribution in [3.63, 3.8) is 0 Å². The Labute approximate surface area is 111 Å². The lowest BCUT2D eigenvalue weighted by molar-refractivity contribution is 0.193. The summed E-state index contributed by atoms with van der Waals surface area (Å²) in [5.74, 6) is 0.932. The Bertz CT molecular complexity index is 354. The first-order valence-corrected chi connectivity index (χ1v) is 7.23. The maximum absolute atomic E-state index is 3.56. The minimum absolute atomic E-state index is 0.932. The monoisotopic (exact) mass is 246 g/mol. The van der Waals surface area contributed by atoms with E-state index in [1.807, 2.05) is 0 Å². The summed E-state index contributed by atoms with van der Waals surface area (Å²) in [6.07, 6.45) is 2.75. The van der Waals surface area contributed by atoms with Gasteiger partial charge in [-0.1, -0.05) is 31.2 Å². The molecule has 0 atom stereocenters. The van der Waals surface area contributed by atoms with Gasteiger partial charge in [0.05, 0.1) is 0 Å². The normalized spacial score (nSPS) is 18.1. The molecule has 1 fully saturated rings. The van der Waals surface area contributed by atoms with Crippen molar-refractivity contribution in [2.45, 2.75) is 33.2 Å². The fraction of sp³-hybridized carbons (Fsp3) is 0.625. The van der Waals surface area contributed by atoms with Crippen LogP contribution in [0.2, 0.25) is 0 Å². The van der Waals surface area contributed by atoms with Crippen LogP contribution in [-0.2, 0) is 6.54 Å².